The lowest BCUT2D eigenvalue weighted by molar-refractivity contribution is 0.0945. The number of hydrogen-bond donors (Lipinski definition) is 1. The average Bonchev–Trinajstić information content (AvgIpc) is 3.22. The minimum Gasteiger partial charge on any atom is -0.347 e. The minimum atomic E-state index is -0.0953. The van der Waals surface area contributed by atoms with Gasteiger partial charge in [-0.2, -0.15) is 0 Å². The highest BCUT2D eigenvalue weighted by molar-refractivity contribution is 7.15. The van der Waals surface area contributed by atoms with Crippen LogP contribution in [0.2, 0.25) is 0 Å². The fraction of sp³-hybridized carbons (Fsp3) is 0.0526. The highest BCUT2D eigenvalue weighted by atomic mass is 32.1. The summed E-state index contributed by atoms with van der Waals surface area (Å²) in [7, 11) is 0. The van der Waals surface area contributed by atoms with Gasteiger partial charge in [-0.25, -0.2) is 4.98 Å². The van der Waals surface area contributed by atoms with Crippen molar-refractivity contribution in [1.29, 1.82) is 0 Å². The number of nitrogens with one attached hydrogen (secondary N) is 1. The molecule has 4 rings (SSSR count). The predicted octanol–water partition coefficient (Wildman–Crippen LogP) is 3.99. The van der Waals surface area contributed by atoms with E-state index in [1.165, 1.54) is 11.3 Å². The molecule has 0 aliphatic rings. The molecule has 0 aliphatic heterocycles. The van der Waals surface area contributed by atoms with Gasteiger partial charge in [-0.15, -0.1) is 11.3 Å². The number of benzene rings is 2. The summed E-state index contributed by atoms with van der Waals surface area (Å²) in [6.07, 6.45) is 1.92. The van der Waals surface area contributed by atoms with Crippen LogP contribution in [0.5, 0.6) is 0 Å². The van der Waals surface area contributed by atoms with E-state index < -0.39 is 0 Å². The van der Waals surface area contributed by atoms with Gasteiger partial charge in [0.25, 0.3) is 5.91 Å². The van der Waals surface area contributed by atoms with Crippen molar-refractivity contribution in [2.45, 2.75) is 6.54 Å². The molecule has 0 aliphatic carbocycles. The third-order valence-corrected chi connectivity index (χ3v) is 4.65. The number of hydrogen-bond acceptors (Lipinski definition) is 3. The zero-order chi connectivity index (χ0) is 16.4. The van der Waals surface area contributed by atoms with Gasteiger partial charge in [-0.05, 0) is 5.56 Å². The van der Waals surface area contributed by atoms with Crippen LogP contribution in [-0.4, -0.2) is 15.3 Å². The minimum absolute atomic E-state index is 0.0953. The molecule has 2 aromatic carbocycles. The third kappa shape index (κ3) is 2.81. The second kappa shape index (κ2) is 6.29. The fourth-order valence-corrected chi connectivity index (χ4v) is 3.42. The highest BCUT2D eigenvalue weighted by Crippen LogP contribution is 2.23. The van der Waals surface area contributed by atoms with Crippen LogP contribution in [0.15, 0.2) is 72.2 Å². The first-order valence-electron chi connectivity index (χ1n) is 7.65. The van der Waals surface area contributed by atoms with Gasteiger partial charge in [0.05, 0.1) is 5.69 Å². The Morgan fingerprint density at radius 2 is 1.75 bits per heavy atom. The molecule has 2 heterocycles. The Kier molecular flexibility index (Phi) is 3.84. The van der Waals surface area contributed by atoms with Crippen LogP contribution in [0.25, 0.3) is 16.2 Å². The maximum atomic E-state index is 12.5. The van der Waals surface area contributed by atoms with E-state index in [-0.39, 0.29) is 5.91 Å². The molecule has 0 fully saturated rings. The second-order valence-electron chi connectivity index (χ2n) is 5.43. The van der Waals surface area contributed by atoms with E-state index in [4.69, 9.17) is 0 Å². The van der Waals surface area contributed by atoms with Crippen LogP contribution >= 0.6 is 11.3 Å². The molecule has 4 aromatic rings. The van der Waals surface area contributed by atoms with Crippen molar-refractivity contribution in [1.82, 2.24) is 14.7 Å². The first-order chi connectivity index (χ1) is 11.8. The van der Waals surface area contributed by atoms with Crippen molar-refractivity contribution >= 4 is 22.2 Å². The molecule has 0 saturated heterocycles. The maximum absolute atomic E-state index is 12.5. The summed E-state index contributed by atoms with van der Waals surface area (Å²) in [5.41, 5.74) is 3.61. The summed E-state index contributed by atoms with van der Waals surface area (Å²) in [4.78, 5) is 17.9. The van der Waals surface area contributed by atoms with Gasteiger partial charge >= 0.3 is 0 Å². The summed E-state index contributed by atoms with van der Waals surface area (Å²) in [6, 6.07) is 19.9. The Labute approximate surface area is 143 Å². The number of amides is 1. The number of imidazole rings is 1. The van der Waals surface area contributed by atoms with E-state index in [9.17, 15) is 4.79 Å². The summed E-state index contributed by atoms with van der Waals surface area (Å²) in [5.74, 6) is -0.0953. The summed E-state index contributed by atoms with van der Waals surface area (Å²) in [5, 5.41) is 4.81. The van der Waals surface area contributed by atoms with Crippen molar-refractivity contribution < 1.29 is 4.79 Å². The van der Waals surface area contributed by atoms with Crippen LogP contribution in [0, 0.1) is 0 Å². The Balaban J connectivity index is 1.58. The standard InChI is InChI=1S/C19H15N3OS/c23-18(20-11-14-7-3-1-4-8-14)17-13-24-19-21-16(12-22(17)19)15-9-5-2-6-10-15/h1-10,12-13H,11H2,(H,20,23). The fourth-order valence-electron chi connectivity index (χ4n) is 2.56. The zero-order valence-corrected chi connectivity index (χ0v) is 13.7. The van der Waals surface area contributed by atoms with E-state index in [2.05, 4.69) is 10.3 Å². The van der Waals surface area contributed by atoms with Crippen LogP contribution < -0.4 is 5.32 Å². The molecular weight excluding hydrogens is 318 g/mol. The zero-order valence-electron chi connectivity index (χ0n) is 12.8. The molecule has 0 unspecified atom stereocenters. The molecule has 0 radical (unpaired) electrons. The average molecular weight is 333 g/mol. The molecule has 0 bridgehead atoms. The van der Waals surface area contributed by atoms with Crippen molar-refractivity contribution in [3.63, 3.8) is 0 Å². The number of nitrogens with zero attached hydrogens (tertiary/aromatic N) is 2. The number of carbonyl (C=O) groups excluding carboxylic acids is 1. The topological polar surface area (TPSA) is 46.4 Å². The van der Waals surface area contributed by atoms with Crippen molar-refractivity contribution in [3.8, 4) is 11.3 Å². The lowest BCUT2D eigenvalue weighted by Gasteiger charge is -2.04. The number of aromatic nitrogens is 2. The quantitative estimate of drug-likeness (QED) is 0.614. The Morgan fingerprint density at radius 1 is 1.04 bits per heavy atom. The molecule has 1 amide bonds. The maximum Gasteiger partial charge on any atom is 0.269 e. The monoisotopic (exact) mass is 333 g/mol. The molecule has 5 heteroatoms. The molecular formula is C19H15N3OS. The first-order valence-corrected chi connectivity index (χ1v) is 8.53. The first kappa shape index (κ1) is 14.7. The molecule has 24 heavy (non-hydrogen) atoms. The molecule has 118 valence electrons. The Morgan fingerprint density at radius 3 is 2.50 bits per heavy atom. The van der Waals surface area contributed by atoms with Crippen LogP contribution in [0.3, 0.4) is 0 Å². The Bertz CT molecular complexity index is 974. The highest BCUT2D eigenvalue weighted by Gasteiger charge is 2.14. The van der Waals surface area contributed by atoms with Crippen molar-refractivity contribution in [3.05, 3.63) is 83.5 Å². The third-order valence-electron chi connectivity index (χ3n) is 3.81. The molecule has 4 nitrogen and oxygen atoms in total. The van der Waals surface area contributed by atoms with Crippen LogP contribution in [0.4, 0.5) is 0 Å². The van der Waals surface area contributed by atoms with Gasteiger partial charge in [-0.1, -0.05) is 60.7 Å². The van der Waals surface area contributed by atoms with Gasteiger partial charge in [0.15, 0.2) is 4.96 Å². The molecule has 0 spiro atoms. The molecule has 2 aromatic heterocycles. The van der Waals surface area contributed by atoms with E-state index in [1.54, 1.807) is 0 Å². The summed E-state index contributed by atoms with van der Waals surface area (Å²) < 4.78 is 1.85. The second-order valence-corrected chi connectivity index (χ2v) is 6.27. The number of fused-ring (bicyclic) bond motifs is 1. The normalized spacial score (nSPS) is 10.8. The van der Waals surface area contributed by atoms with Gasteiger partial charge < -0.3 is 5.32 Å². The number of thiazole rings is 1. The SMILES string of the molecule is O=C(NCc1ccccc1)c1csc2nc(-c3ccccc3)cn12. The molecule has 1 N–H and O–H groups in total. The van der Waals surface area contributed by atoms with Gasteiger partial charge in [0, 0.05) is 23.7 Å². The predicted molar refractivity (Wildman–Crippen MR) is 96.1 cm³/mol. The molecule has 0 atom stereocenters. The van der Waals surface area contributed by atoms with Crippen LogP contribution in [-0.2, 0) is 6.54 Å². The van der Waals surface area contributed by atoms with E-state index in [0.717, 1.165) is 21.8 Å². The smallest absolute Gasteiger partial charge is 0.269 e. The van der Waals surface area contributed by atoms with E-state index in [1.807, 2.05) is 76.6 Å². The molecule has 0 saturated carbocycles. The van der Waals surface area contributed by atoms with Crippen molar-refractivity contribution in [2.75, 3.05) is 0 Å². The summed E-state index contributed by atoms with van der Waals surface area (Å²) >= 11 is 1.47. The Hall–Kier alpha value is -2.92. The van der Waals surface area contributed by atoms with E-state index in [0.29, 0.717) is 12.2 Å². The lowest BCUT2D eigenvalue weighted by Crippen LogP contribution is -2.23. The number of rotatable bonds is 4. The van der Waals surface area contributed by atoms with Gasteiger partial charge in [-0.3, -0.25) is 9.20 Å². The van der Waals surface area contributed by atoms with Gasteiger partial charge in [0.2, 0.25) is 0 Å². The summed E-state index contributed by atoms with van der Waals surface area (Å²) in [6.45, 7) is 0.511. The van der Waals surface area contributed by atoms with Gasteiger partial charge in [0.1, 0.15) is 5.69 Å². The van der Waals surface area contributed by atoms with E-state index >= 15 is 0 Å². The van der Waals surface area contributed by atoms with Crippen LogP contribution in [0.1, 0.15) is 16.1 Å². The lowest BCUT2D eigenvalue weighted by atomic mass is 10.2. The largest absolute Gasteiger partial charge is 0.347 e. The number of carbonyl (C=O) groups is 1. The van der Waals surface area contributed by atoms with Crippen molar-refractivity contribution in [2.24, 2.45) is 0 Å².